The molecule has 69 heavy (non-hydrogen) atoms. The van der Waals surface area contributed by atoms with Gasteiger partial charge >= 0.3 is 11.9 Å². The second-order valence-electron chi connectivity index (χ2n) is 17.6. The van der Waals surface area contributed by atoms with E-state index in [0.29, 0.717) is 85.9 Å². The number of carbonyl (C=O) groups excluding carboxylic acids is 1. The predicted molar refractivity (Wildman–Crippen MR) is 273 cm³/mol. The van der Waals surface area contributed by atoms with Crippen molar-refractivity contribution >= 4 is 49.3 Å². The summed E-state index contributed by atoms with van der Waals surface area (Å²) in [4.78, 5) is 45.5. The lowest BCUT2D eigenvalue weighted by Gasteiger charge is -2.41. The standard InChI is InChI=1S/C27H40O7Si.C26H38O7Si/c1-27(2,35(29,24-11-6-4-7-12-24)25-13-8-5-9-14-25)15-10-16-31-17-18-32-19-20-33-21-22-34-23-26(28)30-3;1-26(2,34(29,23-10-5-3-6-11-23)24-12-7-4-8-13-24)14-9-15-30-16-17-31-18-19-32-20-21-33-22-25(27)28/h4-9,11-14,29H,10,15-23H2,1-3H3;3-8,10-13,29H,9,14-22H2,1-2H3,(H,27,28). The number of aliphatic carboxylic acids is 1. The first-order valence-electron chi connectivity index (χ1n) is 23.9. The van der Waals surface area contributed by atoms with E-state index < -0.39 is 28.6 Å². The van der Waals surface area contributed by atoms with Crippen molar-refractivity contribution in [3.05, 3.63) is 121 Å². The maximum absolute atomic E-state index is 12.1. The molecule has 0 amide bonds. The molecule has 0 aromatic heterocycles. The van der Waals surface area contributed by atoms with Crippen LogP contribution in [0.1, 0.15) is 53.4 Å². The van der Waals surface area contributed by atoms with Gasteiger partial charge in [0.25, 0.3) is 16.6 Å². The zero-order chi connectivity index (χ0) is 50.1. The molecular weight excluding hydrogens is 917 g/mol. The zero-order valence-electron chi connectivity index (χ0n) is 41.5. The summed E-state index contributed by atoms with van der Waals surface area (Å²) in [5.41, 5.74) is 0. The van der Waals surface area contributed by atoms with Crippen LogP contribution < -0.4 is 20.7 Å². The lowest BCUT2D eigenvalue weighted by Crippen LogP contribution is -2.65. The van der Waals surface area contributed by atoms with Crippen molar-refractivity contribution in [3.8, 4) is 0 Å². The highest BCUT2D eigenvalue weighted by molar-refractivity contribution is 6.99. The molecular formula is C53H78O14Si2. The number of hydrogen-bond acceptors (Lipinski definition) is 13. The molecule has 14 nitrogen and oxygen atoms in total. The molecule has 0 aliphatic rings. The molecule has 382 valence electrons. The van der Waals surface area contributed by atoms with E-state index in [-0.39, 0.29) is 29.9 Å². The van der Waals surface area contributed by atoms with Gasteiger partial charge in [-0.2, -0.15) is 0 Å². The van der Waals surface area contributed by atoms with Gasteiger partial charge < -0.3 is 57.3 Å². The minimum atomic E-state index is -2.97. The number of hydrogen-bond donors (Lipinski definition) is 3. The summed E-state index contributed by atoms with van der Waals surface area (Å²) in [6, 6.07) is 40.3. The highest BCUT2D eigenvalue weighted by atomic mass is 28.4. The molecule has 16 heteroatoms. The Morgan fingerprint density at radius 2 is 0.652 bits per heavy atom. The van der Waals surface area contributed by atoms with E-state index in [9.17, 15) is 19.2 Å². The van der Waals surface area contributed by atoms with Gasteiger partial charge in [-0.3, -0.25) is 0 Å². The average molecular weight is 995 g/mol. The summed E-state index contributed by atoms with van der Waals surface area (Å²) in [7, 11) is -4.61. The fourth-order valence-corrected chi connectivity index (χ4v) is 15.5. The Labute approximate surface area is 412 Å². The van der Waals surface area contributed by atoms with E-state index in [1.807, 2.05) is 121 Å². The number of ether oxygens (including phenoxy) is 9. The Balaban J connectivity index is 0.000000365. The molecule has 0 unspecified atom stereocenters. The minimum absolute atomic E-state index is 0.0646. The molecule has 0 aliphatic carbocycles. The molecule has 4 aromatic carbocycles. The SMILES string of the molecule is CC(C)(CCCOCCOCCOCCOCC(=O)O)[Si](O)(c1ccccc1)c1ccccc1.COC(=O)COCCOCCOCCOCCCC(C)(C)[Si](O)(c1ccccc1)c1ccccc1. The normalized spacial score (nSPS) is 12.0. The first kappa shape index (κ1) is 59.2. The molecule has 3 N–H and O–H groups in total. The van der Waals surface area contributed by atoms with Crippen LogP contribution in [0.4, 0.5) is 0 Å². The van der Waals surface area contributed by atoms with E-state index in [1.54, 1.807) is 0 Å². The van der Waals surface area contributed by atoms with Gasteiger partial charge in [0.15, 0.2) is 0 Å². The Kier molecular flexibility index (Phi) is 28.7. The molecule has 0 atom stereocenters. The number of carboxylic acid groups (broad SMARTS) is 1. The van der Waals surface area contributed by atoms with E-state index >= 15 is 0 Å². The fourth-order valence-electron chi connectivity index (χ4n) is 7.90. The summed E-state index contributed by atoms with van der Waals surface area (Å²) in [5, 5.41) is 12.0. The maximum Gasteiger partial charge on any atom is 0.331 e. The number of rotatable bonds is 36. The van der Waals surface area contributed by atoms with Crippen molar-refractivity contribution in [1.82, 2.24) is 0 Å². The molecule has 0 fully saturated rings. The van der Waals surface area contributed by atoms with Gasteiger partial charge in [-0.25, -0.2) is 9.59 Å². The fraction of sp³-hybridized carbons (Fsp3) is 0.509. The first-order chi connectivity index (χ1) is 33.3. The van der Waals surface area contributed by atoms with Crippen molar-refractivity contribution in [2.45, 2.75) is 63.5 Å². The van der Waals surface area contributed by atoms with E-state index in [4.69, 9.17) is 43.0 Å². The molecule has 0 spiro atoms. The van der Waals surface area contributed by atoms with Crippen molar-refractivity contribution < 1.29 is 66.9 Å². The van der Waals surface area contributed by atoms with E-state index in [1.165, 1.54) is 7.11 Å². The highest BCUT2D eigenvalue weighted by Gasteiger charge is 2.50. The van der Waals surface area contributed by atoms with Crippen molar-refractivity contribution in [2.24, 2.45) is 0 Å². The lowest BCUT2D eigenvalue weighted by atomic mass is 10.1. The first-order valence-corrected chi connectivity index (χ1v) is 27.8. The second kappa shape index (κ2) is 33.4. The van der Waals surface area contributed by atoms with Crippen molar-refractivity contribution in [3.63, 3.8) is 0 Å². The van der Waals surface area contributed by atoms with Gasteiger partial charge in [0.2, 0.25) is 0 Å². The number of carbonyl (C=O) groups is 2. The Bertz CT molecular complexity index is 1850. The maximum atomic E-state index is 12.1. The molecule has 0 aliphatic heterocycles. The van der Waals surface area contributed by atoms with Gasteiger partial charge in [-0.1, -0.05) is 149 Å². The number of methoxy groups -OCH3 is 1. The monoisotopic (exact) mass is 994 g/mol. The third-order valence-corrected chi connectivity index (χ3v) is 20.9. The van der Waals surface area contributed by atoms with Crippen LogP contribution in [0.15, 0.2) is 121 Å². The van der Waals surface area contributed by atoms with Crippen molar-refractivity contribution in [2.75, 3.05) is 113 Å². The summed E-state index contributed by atoms with van der Waals surface area (Å²) >= 11 is 0. The van der Waals surface area contributed by atoms with Crippen LogP contribution in [0.2, 0.25) is 10.1 Å². The van der Waals surface area contributed by atoms with E-state index in [0.717, 1.165) is 46.4 Å². The van der Waals surface area contributed by atoms with Crippen LogP contribution in [0.5, 0.6) is 0 Å². The number of esters is 1. The largest absolute Gasteiger partial charge is 0.480 e. The summed E-state index contributed by atoms with van der Waals surface area (Å²) in [5.74, 6) is -1.39. The molecule has 0 bridgehead atoms. The van der Waals surface area contributed by atoms with Crippen LogP contribution in [0.3, 0.4) is 0 Å². The van der Waals surface area contributed by atoms with Crippen LogP contribution in [-0.4, -0.2) is 156 Å². The van der Waals surface area contributed by atoms with Crippen LogP contribution in [-0.2, 0) is 52.2 Å². The molecule has 4 aromatic rings. The topological polar surface area (TPSA) is 178 Å². The third-order valence-electron chi connectivity index (χ3n) is 11.8. The van der Waals surface area contributed by atoms with Gasteiger partial charge in [-0.05, 0) is 56.5 Å². The number of benzene rings is 4. The van der Waals surface area contributed by atoms with Crippen LogP contribution >= 0.6 is 0 Å². The molecule has 0 saturated carbocycles. The van der Waals surface area contributed by atoms with Gasteiger partial charge in [0.1, 0.15) is 13.2 Å². The van der Waals surface area contributed by atoms with E-state index in [2.05, 4.69) is 32.4 Å². The lowest BCUT2D eigenvalue weighted by molar-refractivity contribution is -0.146. The van der Waals surface area contributed by atoms with Crippen LogP contribution in [0, 0.1) is 0 Å². The Morgan fingerprint density at radius 1 is 0.406 bits per heavy atom. The molecule has 4 rings (SSSR count). The molecule has 0 saturated heterocycles. The predicted octanol–water partition coefficient (Wildman–Crippen LogP) is 4.99. The summed E-state index contributed by atoms with van der Waals surface area (Å²) < 4.78 is 47.6. The number of carboxylic acids is 1. The van der Waals surface area contributed by atoms with Gasteiger partial charge in [0.05, 0.1) is 86.4 Å². The Morgan fingerprint density at radius 3 is 0.913 bits per heavy atom. The molecule has 0 radical (unpaired) electrons. The molecule has 0 heterocycles. The minimum Gasteiger partial charge on any atom is -0.480 e. The Hall–Kier alpha value is -4.15. The average Bonchev–Trinajstić information content (AvgIpc) is 3.36. The zero-order valence-corrected chi connectivity index (χ0v) is 43.5. The third kappa shape index (κ3) is 21.0. The van der Waals surface area contributed by atoms with Gasteiger partial charge in [0, 0.05) is 13.2 Å². The smallest absolute Gasteiger partial charge is 0.331 e. The van der Waals surface area contributed by atoms with Crippen molar-refractivity contribution in [1.29, 1.82) is 0 Å². The summed E-state index contributed by atoms with van der Waals surface area (Å²) in [6.45, 7) is 14.6. The second-order valence-corrected chi connectivity index (χ2v) is 25.5. The summed E-state index contributed by atoms with van der Waals surface area (Å²) in [6.07, 6.45) is 3.41. The van der Waals surface area contributed by atoms with Crippen LogP contribution in [0.25, 0.3) is 0 Å². The highest BCUT2D eigenvalue weighted by Crippen LogP contribution is 2.40. The van der Waals surface area contributed by atoms with Gasteiger partial charge in [-0.15, -0.1) is 0 Å². The quantitative estimate of drug-likeness (QED) is 0.0316.